The highest BCUT2D eigenvalue weighted by molar-refractivity contribution is 7.80. The molecule has 0 bridgehead atoms. The molecular weight excluding hydrogens is 260 g/mol. The molecule has 1 heterocycles. The molecule has 0 aromatic heterocycles. The fraction of sp³-hybridized carbons (Fsp3) is 1.00. The number of methoxy groups -OCH3 is 1. The quantitative estimate of drug-likeness (QED) is 0.401. The minimum atomic E-state index is -4.87. The highest BCUT2D eigenvalue weighted by atomic mass is 32.3. The molecule has 0 aliphatic carbocycles. The van der Waals surface area contributed by atoms with E-state index in [0.717, 1.165) is 0 Å². The van der Waals surface area contributed by atoms with Crippen molar-refractivity contribution >= 4 is 10.4 Å². The highest BCUT2D eigenvalue weighted by Gasteiger charge is 2.47. The van der Waals surface area contributed by atoms with Crippen LogP contribution in [0.1, 0.15) is 0 Å². The Morgan fingerprint density at radius 1 is 1.29 bits per heavy atom. The lowest BCUT2D eigenvalue weighted by atomic mass is 9.99. The fourth-order valence-corrected chi connectivity index (χ4v) is 2.01. The van der Waals surface area contributed by atoms with E-state index in [4.69, 9.17) is 14.4 Å². The molecule has 4 N–H and O–H groups in total. The van der Waals surface area contributed by atoms with Crippen LogP contribution in [0, 0.1) is 0 Å². The smallest absolute Gasteiger partial charge is 0.394 e. The van der Waals surface area contributed by atoms with Gasteiger partial charge < -0.3 is 24.8 Å². The van der Waals surface area contributed by atoms with Crippen LogP contribution in [0.3, 0.4) is 0 Å². The van der Waals surface area contributed by atoms with Gasteiger partial charge in [0, 0.05) is 7.11 Å². The molecule has 0 saturated carbocycles. The van der Waals surface area contributed by atoms with Gasteiger partial charge in [0.15, 0.2) is 6.29 Å². The summed E-state index contributed by atoms with van der Waals surface area (Å²) in [6.45, 7) is -0.640. The molecule has 0 unspecified atom stereocenters. The molecule has 1 saturated heterocycles. The Kier molecular flexibility index (Phi) is 4.80. The van der Waals surface area contributed by atoms with E-state index < -0.39 is 47.7 Å². The van der Waals surface area contributed by atoms with Crippen molar-refractivity contribution in [1.82, 2.24) is 0 Å². The zero-order valence-electron chi connectivity index (χ0n) is 8.83. The Bertz CT molecular complexity index is 325. The summed E-state index contributed by atoms with van der Waals surface area (Å²) in [6, 6.07) is 0. The number of aliphatic hydroxyl groups is 3. The van der Waals surface area contributed by atoms with E-state index in [-0.39, 0.29) is 0 Å². The van der Waals surface area contributed by atoms with E-state index in [1.165, 1.54) is 7.11 Å². The minimum absolute atomic E-state index is 0.640. The Labute approximate surface area is 97.5 Å². The second-order valence-corrected chi connectivity index (χ2v) is 4.48. The van der Waals surface area contributed by atoms with Crippen molar-refractivity contribution in [3.05, 3.63) is 0 Å². The average Bonchev–Trinajstić information content (AvgIpc) is 2.23. The van der Waals surface area contributed by atoms with Gasteiger partial charge in [0.1, 0.15) is 24.4 Å². The summed E-state index contributed by atoms with van der Waals surface area (Å²) in [7, 11) is -3.69. The Morgan fingerprint density at radius 3 is 2.29 bits per heavy atom. The molecule has 9 nitrogen and oxygen atoms in total. The number of hydrogen-bond acceptors (Lipinski definition) is 8. The van der Waals surface area contributed by atoms with Crippen LogP contribution >= 0.6 is 0 Å². The van der Waals surface area contributed by atoms with E-state index in [1.807, 2.05) is 0 Å². The molecule has 1 aliphatic rings. The molecule has 0 amide bonds. The number of hydrogen-bond donors (Lipinski definition) is 4. The minimum Gasteiger partial charge on any atom is -0.394 e. The molecule has 10 heteroatoms. The van der Waals surface area contributed by atoms with Crippen LogP contribution in [0.25, 0.3) is 0 Å². The first-order chi connectivity index (χ1) is 7.80. The van der Waals surface area contributed by atoms with Gasteiger partial charge in [-0.25, -0.2) is 4.18 Å². The summed E-state index contributed by atoms with van der Waals surface area (Å²) >= 11 is 0. The molecule has 1 rings (SSSR count). The Balaban J connectivity index is 2.89. The largest absolute Gasteiger partial charge is 0.397 e. The standard InChI is InChI=1S/C7H14O9S/c1-14-7-5(10)6(16-17(11,12)13)4(9)3(2-8)15-7/h3-10H,2H2,1H3,(H,11,12,13)/t3-,4+,5-,6+,7-/m1/s1. The topological polar surface area (TPSA) is 143 Å². The van der Waals surface area contributed by atoms with Crippen molar-refractivity contribution in [2.75, 3.05) is 13.7 Å². The van der Waals surface area contributed by atoms with Crippen LogP contribution in [-0.2, 0) is 24.1 Å². The Morgan fingerprint density at radius 2 is 1.88 bits per heavy atom. The SMILES string of the molecule is CO[C@@H]1O[C@H](CO)[C@H](O)[C@H](OS(=O)(=O)O)[C@H]1O. The normalized spacial score (nSPS) is 39.2. The van der Waals surface area contributed by atoms with Gasteiger partial charge in [-0.05, 0) is 0 Å². The summed E-state index contributed by atoms with van der Waals surface area (Å²) in [5, 5.41) is 28.0. The van der Waals surface area contributed by atoms with Gasteiger partial charge in [-0.1, -0.05) is 0 Å². The summed E-state index contributed by atoms with van der Waals surface area (Å²) < 4.78 is 43.3. The van der Waals surface area contributed by atoms with Crippen LogP contribution in [0.2, 0.25) is 0 Å². The zero-order valence-corrected chi connectivity index (χ0v) is 9.65. The summed E-state index contributed by atoms with van der Waals surface area (Å²) in [5.41, 5.74) is 0. The molecule has 0 radical (unpaired) electrons. The molecule has 0 aromatic carbocycles. The highest BCUT2D eigenvalue weighted by Crippen LogP contribution is 2.24. The third-order valence-corrected chi connectivity index (χ3v) is 2.75. The molecular formula is C7H14O9S. The van der Waals surface area contributed by atoms with Gasteiger partial charge in [0.05, 0.1) is 6.61 Å². The predicted octanol–water partition coefficient (Wildman–Crippen LogP) is -2.74. The lowest BCUT2D eigenvalue weighted by Crippen LogP contribution is -2.60. The second kappa shape index (κ2) is 5.54. The lowest BCUT2D eigenvalue weighted by molar-refractivity contribution is -0.290. The maximum Gasteiger partial charge on any atom is 0.397 e. The van der Waals surface area contributed by atoms with Crippen LogP contribution in [-0.4, -0.2) is 72.7 Å². The lowest BCUT2D eigenvalue weighted by Gasteiger charge is -2.40. The number of ether oxygens (including phenoxy) is 2. The van der Waals surface area contributed by atoms with Crippen molar-refractivity contribution in [3.63, 3.8) is 0 Å². The number of rotatable bonds is 4. The monoisotopic (exact) mass is 274 g/mol. The first-order valence-corrected chi connectivity index (χ1v) is 5.97. The molecule has 0 spiro atoms. The van der Waals surface area contributed by atoms with Crippen LogP contribution in [0.4, 0.5) is 0 Å². The van der Waals surface area contributed by atoms with Crippen molar-refractivity contribution in [1.29, 1.82) is 0 Å². The molecule has 17 heavy (non-hydrogen) atoms. The van der Waals surface area contributed by atoms with Crippen LogP contribution in [0.15, 0.2) is 0 Å². The summed E-state index contributed by atoms with van der Waals surface area (Å²) in [6.07, 6.45) is -7.46. The van der Waals surface area contributed by atoms with E-state index in [1.54, 1.807) is 0 Å². The van der Waals surface area contributed by atoms with Gasteiger partial charge in [-0.3, -0.25) is 4.55 Å². The third-order valence-electron chi connectivity index (χ3n) is 2.29. The molecule has 5 atom stereocenters. The van der Waals surface area contributed by atoms with Gasteiger partial charge >= 0.3 is 10.4 Å². The van der Waals surface area contributed by atoms with Gasteiger partial charge in [-0.2, -0.15) is 8.42 Å². The fourth-order valence-electron chi connectivity index (χ4n) is 1.50. The van der Waals surface area contributed by atoms with E-state index in [9.17, 15) is 18.6 Å². The average molecular weight is 274 g/mol. The maximum absolute atomic E-state index is 10.5. The zero-order chi connectivity index (χ0) is 13.2. The Hall–Kier alpha value is -0.330. The van der Waals surface area contributed by atoms with Crippen LogP contribution in [0.5, 0.6) is 0 Å². The van der Waals surface area contributed by atoms with Crippen molar-refractivity contribution < 1.29 is 41.9 Å². The van der Waals surface area contributed by atoms with Crippen LogP contribution < -0.4 is 0 Å². The third kappa shape index (κ3) is 3.56. The van der Waals surface area contributed by atoms with Crippen molar-refractivity contribution in [2.45, 2.75) is 30.7 Å². The van der Waals surface area contributed by atoms with Crippen molar-refractivity contribution in [2.24, 2.45) is 0 Å². The summed E-state index contributed by atoms with van der Waals surface area (Å²) in [4.78, 5) is 0. The van der Waals surface area contributed by atoms with Gasteiger partial charge in [0.25, 0.3) is 0 Å². The van der Waals surface area contributed by atoms with E-state index >= 15 is 0 Å². The first-order valence-electron chi connectivity index (χ1n) is 4.61. The molecule has 1 fully saturated rings. The predicted molar refractivity (Wildman–Crippen MR) is 51.2 cm³/mol. The van der Waals surface area contributed by atoms with E-state index in [0.29, 0.717) is 0 Å². The van der Waals surface area contributed by atoms with E-state index in [2.05, 4.69) is 8.92 Å². The van der Waals surface area contributed by atoms with Crippen molar-refractivity contribution in [3.8, 4) is 0 Å². The molecule has 1 aliphatic heterocycles. The number of aliphatic hydroxyl groups excluding tert-OH is 3. The molecule has 0 aromatic rings. The van der Waals surface area contributed by atoms with Gasteiger partial charge in [-0.15, -0.1) is 0 Å². The first kappa shape index (κ1) is 14.7. The van der Waals surface area contributed by atoms with Gasteiger partial charge in [0.2, 0.25) is 0 Å². The second-order valence-electron chi connectivity index (χ2n) is 3.43. The molecule has 102 valence electrons. The summed E-state index contributed by atoms with van der Waals surface area (Å²) in [5.74, 6) is 0. The maximum atomic E-state index is 10.5.